The molecule has 0 aromatic rings. The molecule has 76 valence electrons. The second-order valence-corrected chi connectivity index (χ2v) is 4.45. The molecule has 0 saturated carbocycles. The molecule has 6 heteroatoms. The van der Waals surface area contributed by atoms with Crippen molar-refractivity contribution in [3.05, 3.63) is 0 Å². The summed E-state index contributed by atoms with van der Waals surface area (Å²) in [7, 11) is 0. The van der Waals surface area contributed by atoms with Gasteiger partial charge in [0.15, 0.2) is 0 Å². The summed E-state index contributed by atoms with van der Waals surface area (Å²) in [5.74, 6) is 0.172. The summed E-state index contributed by atoms with van der Waals surface area (Å²) >= 11 is 0.198. The molecule has 2 atom stereocenters. The molecule has 0 spiro atoms. The molecule has 0 fully saturated rings. The Morgan fingerprint density at radius 1 is 1.54 bits per heavy atom. The molecular weight excluding hydrogens is 241 g/mol. The first kappa shape index (κ1) is 12.4. The molecular formula is C7H13NO4Se. The van der Waals surface area contributed by atoms with Gasteiger partial charge in [-0.05, 0) is 0 Å². The van der Waals surface area contributed by atoms with Crippen LogP contribution in [0.5, 0.6) is 0 Å². The summed E-state index contributed by atoms with van der Waals surface area (Å²) in [6, 6.07) is -0.952. The first-order chi connectivity index (χ1) is 5.99. The molecule has 0 aliphatic heterocycles. The van der Waals surface area contributed by atoms with E-state index in [0.29, 0.717) is 5.32 Å². The van der Waals surface area contributed by atoms with Crippen molar-refractivity contribution in [2.45, 2.75) is 30.2 Å². The summed E-state index contributed by atoms with van der Waals surface area (Å²) in [5.41, 5.74) is 0. The quantitative estimate of drug-likeness (QED) is 0.555. The number of aliphatic carboxylic acids is 1. The summed E-state index contributed by atoms with van der Waals surface area (Å²) in [6.45, 7) is 1.35. The van der Waals surface area contributed by atoms with Crippen LogP contribution in [0.2, 0.25) is 11.1 Å². The van der Waals surface area contributed by atoms with Gasteiger partial charge >= 0.3 is 82.2 Å². The Bertz CT molecular complexity index is 197. The average molecular weight is 254 g/mol. The molecule has 0 rings (SSSR count). The standard InChI is InChI=1S/C7H13NO4Se/c1-4(7(11)12)8-6(10)5(9)3-13-2/h4-5,9H,3H2,1-2H3,(H,8,10)(H,11,12)/t4-,5?/m0/s1. The number of carbonyl (C=O) groups is 2. The van der Waals surface area contributed by atoms with Crippen molar-refractivity contribution in [3.8, 4) is 0 Å². The number of aliphatic hydroxyl groups is 1. The summed E-state index contributed by atoms with van der Waals surface area (Å²) < 4.78 is 0. The third kappa shape index (κ3) is 4.87. The van der Waals surface area contributed by atoms with Crippen LogP contribution in [0, 0.1) is 0 Å². The van der Waals surface area contributed by atoms with E-state index in [1.807, 2.05) is 5.82 Å². The van der Waals surface area contributed by atoms with Gasteiger partial charge in [0.25, 0.3) is 0 Å². The van der Waals surface area contributed by atoms with Gasteiger partial charge in [-0.15, -0.1) is 0 Å². The second kappa shape index (κ2) is 5.96. The van der Waals surface area contributed by atoms with Gasteiger partial charge < -0.3 is 0 Å². The number of carboxylic acids is 1. The average Bonchev–Trinajstić information content (AvgIpc) is 2.04. The Labute approximate surface area is 82.7 Å². The van der Waals surface area contributed by atoms with Crippen LogP contribution in [0.15, 0.2) is 0 Å². The van der Waals surface area contributed by atoms with E-state index in [4.69, 9.17) is 10.2 Å². The summed E-state index contributed by atoms with van der Waals surface area (Å²) in [5, 5.41) is 20.2. The van der Waals surface area contributed by atoms with E-state index in [9.17, 15) is 9.59 Å². The van der Waals surface area contributed by atoms with Crippen LogP contribution in [-0.4, -0.2) is 49.2 Å². The molecule has 3 N–H and O–H groups in total. The molecule has 13 heavy (non-hydrogen) atoms. The van der Waals surface area contributed by atoms with E-state index in [-0.39, 0.29) is 15.0 Å². The molecule has 1 amide bonds. The van der Waals surface area contributed by atoms with Crippen molar-refractivity contribution < 1.29 is 19.8 Å². The number of nitrogens with one attached hydrogen (secondary N) is 1. The normalized spacial score (nSPS) is 14.7. The predicted octanol–water partition coefficient (Wildman–Crippen LogP) is -0.893. The van der Waals surface area contributed by atoms with Crippen LogP contribution in [0.25, 0.3) is 0 Å². The van der Waals surface area contributed by atoms with Gasteiger partial charge in [0, 0.05) is 0 Å². The Hall–Kier alpha value is -0.581. The molecule has 1 unspecified atom stereocenters. The van der Waals surface area contributed by atoms with Crippen molar-refractivity contribution in [2.75, 3.05) is 0 Å². The maximum atomic E-state index is 11.0. The van der Waals surface area contributed by atoms with Gasteiger partial charge in [-0.3, -0.25) is 0 Å². The first-order valence-corrected chi connectivity index (χ1v) is 6.61. The third-order valence-corrected chi connectivity index (χ3v) is 2.72. The van der Waals surface area contributed by atoms with Gasteiger partial charge in [0.05, 0.1) is 0 Å². The van der Waals surface area contributed by atoms with Crippen molar-refractivity contribution in [1.29, 1.82) is 0 Å². The predicted molar refractivity (Wildman–Crippen MR) is 47.7 cm³/mol. The van der Waals surface area contributed by atoms with Crippen LogP contribution in [0.1, 0.15) is 6.92 Å². The zero-order valence-corrected chi connectivity index (χ0v) is 9.19. The Morgan fingerprint density at radius 3 is 2.46 bits per heavy atom. The Kier molecular flexibility index (Phi) is 5.70. The molecule has 0 aliphatic carbocycles. The molecule has 0 aromatic heterocycles. The van der Waals surface area contributed by atoms with Gasteiger partial charge in [-0.2, -0.15) is 0 Å². The van der Waals surface area contributed by atoms with Crippen LogP contribution >= 0.6 is 0 Å². The van der Waals surface area contributed by atoms with Crippen molar-refractivity contribution in [1.82, 2.24) is 5.32 Å². The van der Waals surface area contributed by atoms with Crippen molar-refractivity contribution in [2.24, 2.45) is 0 Å². The number of hydrogen-bond donors (Lipinski definition) is 3. The van der Waals surface area contributed by atoms with E-state index in [2.05, 4.69) is 5.32 Å². The number of carboxylic acid groups (broad SMARTS) is 1. The fourth-order valence-electron chi connectivity index (χ4n) is 0.605. The van der Waals surface area contributed by atoms with E-state index >= 15 is 0 Å². The van der Waals surface area contributed by atoms with Gasteiger partial charge in [-0.1, -0.05) is 0 Å². The van der Waals surface area contributed by atoms with E-state index < -0.39 is 24.0 Å². The van der Waals surface area contributed by atoms with Gasteiger partial charge in [0.1, 0.15) is 0 Å². The molecule has 0 aromatic carbocycles. The number of amides is 1. The number of aliphatic hydroxyl groups excluding tert-OH is 1. The topological polar surface area (TPSA) is 86.6 Å². The number of carbonyl (C=O) groups excluding carboxylic acids is 1. The van der Waals surface area contributed by atoms with E-state index in [0.717, 1.165) is 0 Å². The molecule has 0 heterocycles. The van der Waals surface area contributed by atoms with Gasteiger partial charge in [0.2, 0.25) is 0 Å². The van der Waals surface area contributed by atoms with Crippen LogP contribution in [0.3, 0.4) is 0 Å². The summed E-state index contributed by atoms with van der Waals surface area (Å²) in [6.07, 6.45) is -1.08. The Morgan fingerprint density at radius 2 is 2.08 bits per heavy atom. The molecule has 0 bridgehead atoms. The maximum absolute atomic E-state index is 11.0. The van der Waals surface area contributed by atoms with Crippen LogP contribution in [0.4, 0.5) is 0 Å². The van der Waals surface area contributed by atoms with Crippen molar-refractivity contribution >= 4 is 26.8 Å². The summed E-state index contributed by atoms with van der Waals surface area (Å²) in [4.78, 5) is 21.4. The van der Waals surface area contributed by atoms with Crippen molar-refractivity contribution in [3.63, 3.8) is 0 Å². The fourth-order valence-corrected chi connectivity index (χ4v) is 1.58. The minimum absolute atomic E-state index is 0.198. The monoisotopic (exact) mass is 255 g/mol. The number of hydrogen-bond acceptors (Lipinski definition) is 3. The van der Waals surface area contributed by atoms with E-state index in [1.54, 1.807) is 0 Å². The molecule has 0 radical (unpaired) electrons. The Balaban J connectivity index is 3.92. The first-order valence-electron chi connectivity index (χ1n) is 3.69. The SMILES string of the molecule is C[Se]CC(O)C(=O)N[C@@H](C)C(=O)O. The van der Waals surface area contributed by atoms with Crippen LogP contribution < -0.4 is 5.32 Å². The third-order valence-electron chi connectivity index (χ3n) is 1.36. The zero-order chi connectivity index (χ0) is 10.4. The molecule has 5 nitrogen and oxygen atoms in total. The van der Waals surface area contributed by atoms with E-state index in [1.165, 1.54) is 6.92 Å². The molecule has 0 saturated heterocycles. The zero-order valence-electron chi connectivity index (χ0n) is 7.48. The molecule has 0 aliphatic rings. The fraction of sp³-hybridized carbons (Fsp3) is 0.714. The number of rotatable bonds is 5. The van der Waals surface area contributed by atoms with Crippen LogP contribution in [-0.2, 0) is 9.59 Å². The second-order valence-electron chi connectivity index (χ2n) is 2.54. The minimum atomic E-state index is -1.11. The van der Waals surface area contributed by atoms with Gasteiger partial charge in [-0.25, -0.2) is 0 Å².